The fourth-order valence-corrected chi connectivity index (χ4v) is 1.96. The summed E-state index contributed by atoms with van der Waals surface area (Å²) in [5.74, 6) is 0.0578. The fraction of sp³-hybridized carbons (Fsp3) is 0.600. The van der Waals surface area contributed by atoms with Crippen LogP contribution in [0.2, 0.25) is 0 Å². The summed E-state index contributed by atoms with van der Waals surface area (Å²) in [4.78, 5) is 15.3. The van der Waals surface area contributed by atoms with Crippen LogP contribution in [0.5, 0.6) is 0 Å². The van der Waals surface area contributed by atoms with Crippen molar-refractivity contribution in [2.45, 2.75) is 31.8 Å². The van der Waals surface area contributed by atoms with E-state index in [0.29, 0.717) is 5.56 Å². The van der Waals surface area contributed by atoms with E-state index in [4.69, 9.17) is 15.1 Å². The van der Waals surface area contributed by atoms with Gasteiger partial charge in [0.1, 0.15) is 6.10 Å². The van der Waals surface area contributed by atoms with Crippen molar-refractivity contribution < 1.29 is 20.2 Å². The Bertz CT molecular complexity index is 489. The molecule has 1 aromatic heterocycles. The van der Waals surface area contributed by atoms with E-state index >= 15 is 0 Å². The van der Waals surface area contributed by atoms with Crippen molar-refractivity contribution in [2.24, 2.45) is 0 Å². The van der Waals surface area contributed by atoms with Gasteiger partial charge in [0.15, 0.2) is 12.0 Å². The molecule has 1 unspecified atom stereocenters. The van der Waals surface area contributed by atoms with E-state index in [-0.39, 0.29) is 18.8 Å². The highest BCUT2D eigenvalue weighted by Crippen LogP contribution is 2.27. The summed E-state index contributed by atoms with van der Waals surface area (Å²) in [6.07, 6.45) is -0.552. The molecule has 0 aliphatic carbocycles. The monoisotopic (exact) mass is 257 g/mol. The summed E-state index contributed by atoms with van der Waals surface area (Å²) >= 11 is 0. The first-order valence-electron chi connectivity index (χ1n) is 5.51. The molecular weight excluding hydrogens is 242 g/mol. The van der Waals surface area contributed by atoms with E-state index in [9.17, 15) is 9.90 Å². The maximum absolute atomic E-state index is 11.7. The van der Waals surface area contributed by atoms with Crippen molar-refractivity contribution in [3.63, 3.8) is 0 Å². The zero-order valence-corrected chi connectivity index (χ0v) is 9.78. The molecule has 1 saturated heterocycles. The third-order valence-electron chi connectivity index (χ3n) is 2.88. The lowest BCUT2D eigenvalue weighted by atomic mass is 10.2. The maximum Gasteiger partial charge on any atom is 0.351 e. The Kier molecular flexibility index (Phi) is 3.62. The Morgan fingerprint density at radius 1 is 1.67 bits per heavy atom. The first kappa shape index (κ1) is 13.0. The molecule has 0 radical (unpaired) electrons. The lowest BCUT2D eigenvalue weighted by molar-refractivity contribution is -0.0530. The van der Waals surface area contributed by atoms with Gasteiger partial charge in [-0.2, -0.15) is 4.98 Å². The smallest absolute Gasteiger partial charge is 0.351 e. The largest absolute Gasteiger partial charge is 0.394 e. The quantitative estimate of drug-likeness (QED) is 0.513. The number of anilines is 1. The van der Waals surface area contributed by atoms with Crippen LogP contribution in [0.25, 0.3) is 0 Å². The average Bonchev–Trinajstić information content (AvgIpc) is 2.73. The van der Waals surface area contributed by atoms with Gasteiger partial charge in [-0.15, -0.1) is 0 Å². The molecule has 4 N–H and O–H groups in total. The van der Waals surface area contributed by atoms with Crippen molar-refractivity contribution in [1.29, 1.82) is 0 Å². The Balaban J connectivity index is 2.34. The zero-order valence-electron chi connectivity index (χ0n) is 9.78. The van der Waals surface area contributed by atoms with Gasteiger partial charge in [0.25, 0.3) is 0 Å². The number of nitrogens with one attached hydrogen (secondary N) is 1. The Morgan fingerprint density at radius 2 is 2.39 bits per heavy atom. The number of aliphatic hydroxyl groups excluding tert-OH is 2. The lowest BCUT2D eigenvalue weighted by Crippen LogP contribution is -2.32. The molecule has 1 aromatic rings. The standard InChI is InChI=1S/C10H15N3O5/c1-5-3-13(10(16)11-8(5)12-17)9-7(15)2-6(4-14)18-9/h3,6-7,9,14-15,17H,2,4H2,1H3,(H,11,12,16)/t6-,7?,9+/m0/s1. The van der Waals surface area contributed by atoms with E-state index in [1.54, 1.807) is 6.92 Å². The van der Waals surface area contributed by atoms with Gasteiger partial charge >= 0.3 is 5.69 Å². The van der Waals surface area contributed by atoms with Crippen LogP contribution in [0, 0.1) is 6.92 Å². The van der Waals surface area contributed by atoms with E-state index in [0.717, 1.165) is 4.57 Å². The highest BCUT2D eigenvalue weighted by Gasteiger charge is 2.35. The summed E-state index contributed by atoms with van der Waals surface area (Å²) in [5.41, 5.74) is 1.69. The molecule has 0 aromatic carbocycles. The Morgan fingerprint density at radius 3 is 2.94 bits per heavy atom. The van der Waals surface area contributed by atoms with Gasteiger partial charge in [-0.25, -0.2) is 4.79 Å². The second-order valence-corrected chi connectivity index (χ2v) is 4.21. The number of ether oxygens (including phenoxy) is 1. The van der Waals surface area contributed by atoms with Gasteiger partial charge in [0.05, 0.1) is 12.7 Å². The number of hydrogen-bond acceptors (Lipinski definition) is 7. The minimum atomic E-state index is -0.881. The molecule has 8 heteroatoms. The Hall–Kier alpha value is -1.48. The minimum absolute atomic E-state index is 0.0578. The number of rotatable bonds is 3. The molecule has 0 spiro atoms. The van der Waals surface area contributed by atoms with E-state index in [2.05, 4.69) is 4.98 Å². The highest BCUT2D eigenvalue weighted by atomic mass is 16.5. The number of nitrogens with zero attached hydrogens (tertiary/aromatic N) is 2. The van der Waals surface area contributed by atoms with Gasteiger partial charge < -0.3 is 14.9 Å². The third-order valence-corrected chi connectivity index (χ3v) is 2.88. The predicted molar refractivity (Wildman–Crippen MR) is 60.3 cm³/mol. The van der Waals surface area contributed by atoms with Crippen molar-refractivity contribution >= 4 is 5.82 Å². The third kappa shape index (κ3) is 2.23. The molecule has 8 nitrogen and oxygen atoms in total. The van der Waals surface area contributed by atoms with Crippen molar-refractivity contribution in [2.75, 3.05) is 12.1 Å². The fourth-order valence-electron chi connectivity index (χ4n) is 1.96. The summed E-state index contributed by atoms with van der Waals surface area (Å²) in [6, 6.07) is 0. The van der Waals surface area contributed by atoms with E-state index < -0.39 is 24.1 Å². The minimum Gasteiger partial charge on any atom is -0.394 e. The Labute approximate surface area is 102 Å². The van der Waals surface area contributed by atoms with Gasteiger partial charge in [0, 0.05) is 18.2 Å². The number of aromatic nitrogens is 2. The van der Waals surface area contributed by atoms with Crippen LogP contribution >= 0.6 is 0 Å². The highest BCUT2D eigenvalue weighted by molar-refractivity contribution is 5.38. The summed E-state index contributed by atoms with van der Waals surface area (Å²) < 4.78 is 6.51. The molecule has 0 saturated carbocycles. The lowest BCUT2D eigenvalue weighted by Gasteiger charge is -2.18. The summed E-state index contributed by atoms with van der Waals surface area (Å²) in [5, 5.41) is 27.5. The normalized spacial score (nSPS) is 27.4. The van der Waals surface area contributed by atoms with Gasteiger partial charge in [-0.1, -0.05) is 0 Å². The number of aliphatic hydroxyl groups is 2. The van der Waals surface area contributed by atoms with Gasteiger partial charge in [-0.3, -0.25) is 15.3 Å². The van der Waals surface area contributed by atoms with Crippen LogP contribution in [0.4, 0.5) is 5.82 Å². The predicted octanol–water partition coefficient (Wildman–Crippen LogP) is -1.01. The number of hydrogen-bond donors (Lipinski definition) is 4. The SMILES string of the molecule is Cc1cn([C@@H]2O[C@H](CO)CC2O)c(=O)nc1NO. The van der Waals surface area contributed by atoms with E-state index in [1.807, 2.05) is 5.48 Å². The molecule has 2 heterocycles. The molecule has 0 amide bonds. The molecule has 100 valence electrons. The molecule has 18 heavy (non-hydrogen) atoms. The second-order valence-electron chi connectivity index (χ2n) is 4.21. The van der Waals surface area contributed by atoms with Crippen LogP contribution in [0.15, 0.2) is 11.0 Å². The van der Waals surface area contributed by atoms with Crippen molar-refractivity contribution in [3.8, 4) is 0 Å². The first-order valence-corrected chi connectivity index (χ1v) is 5.51. The molecule has 2 rings (SSSR count). The topological polar surface area (TPSA) is 117 Å². The summed E-state index contributed by atoms with van der Waals surface area (Å²) in [7, 11) is 0. The molecule has 1 aliphatic rings. The van der Waals surface area contributed by atoms with Crippen molar-refractivity contribution in [3.05, 3.63) is 22.2 Å². The molecule has 1 fully saturated rings. The van der Waals surface area contributed by atoms with Crippen LogP contribution < -0.4 is 11.2 Å². The molecule has 3 atom stereocenters. The van der Waals surface area contributed by atoms with Crippen LogP contribution in [-0.4, -0.2) is 43.8 Å². The zero-order chi connectivity index (χ0) is 13.3. The van der Waals surface area contributed by atoms with E-state index in [1.165, 1.54) is 6.20 Å². The average molecular weight is 257 g/mol. The van der Waals surface area contributed by atoms with Crippen LogP contribution in [-0.2, 0) is 4.74 Å². The van der Waals surface area contributed by atoms with Gasteiger partial charge in [0.2, 0.25) is 0 Å². The van der Waals surface area contributed by atoms with Crippen LogP contribution in [0.3, 0.4) is 0 Å². The number of aryl methyl sites for hydroxylation is 1. The first-order chi connectivity index (χ1) is 8.56. The second kappa shape index (κ2) is 5.02. The van der Waals surface area contributed by atoms with Gasteiger partial charge in [-0.05, 0) is 6.92 Å². The summed E-state index contributed by atoms with van der Waals surface area (Å²) in [6.45, 7) is 1.43. The van der Waals surface area contributed by atoms with Crippen molar-refractivity contribution in [1.82, 2.24) is 9.55 Å². The molecule has 0 bridgehead atoms. The van der Waals surface area contributed by atoms with Crippen LogP contribution in [0.1, 0.15) is 18.2 Å². The molecule has 1 aliphatic heterocycles. The molecular formula is C10H15N3O5. The maximum atomic E-state index is 11.7.